The third kappa shape index (κ3) is 1.98. The standard InChI is InChI=1S/C12H17N3O3/c1-7(2)11(16)15-5-4-8-9(6-15)14(3)13-10(8)12(17)18/h7H,4-6H2,1-3H3,(H,17,18). The maximum absolute atomic E-state index is 11.9. The molecule has 0 radical (unpaired) electrons. The van der Waals surface area contributed by atoms with Gasteiger partial charge in [-0.1, -0.05) is 13.8 Å². The fraction of sp³-hybridized carbons (Fsp3) is 0.583. The second-order valence-corrected chi connectivity index (χ2v) is 4.87. The number of aromatic carboxylic acids is 1. The zero-order valence-corrected chi connectivity index (χ0v) is 10.8. The molecule has 1 aromatic rings. The number of carboxylic acid groups (broad SMARTS) is 1. The summed E-state index contributed by atoms with van der Waals surface area (Å²) in [5, 5.41) is 13.1. The lowest BCUT2D eigenvalue weighted by Crippen LogP contribution is -2.39. The molecule has 98 valence electrons. The summed E-state index contributed by atoms with van der Waals surface area (Å²) >= 11 is 0. The Morgan fingerprint density at radius 3 is 2.61 bits per heavy atom. The number of rotatable bonds is 2. The van der Waals surface area contributed by atoms with Gasteiger partial charge >= 0.3 is 5.97 Å². The second-order valence-electron chi connectivity index (χ2n) is 4.87. The van der Waals surface area contributed by atoms with E-state index in [1.807, 2.05) is 13.8 Å². The van der Waals surface area contributed by atoms with Crippen LogP contribution < -0.4 is 0 Å². The summed E-state index contributed by atoms with van der Waals surface area (Å²) in [7, 11) is 1.72. The fourth-order valence-corrected chi connectivity index (χ4v) is 2.29. The van der Waals surface area contributed by atoms with E-state index in [-0.39, 0.29) is 17.5 Å². The van der Waals surface area contributed by atoms with Gasteiger partial charge in [0.1, 0.15) is 0 Å². The average molecular weight is 251 g/mol. The molecule has 1 aromatic heterocycles. The number of aromatic nitrogens is 2. The summed E-state index contributed by atoms with van der Waals surface area (Å²) in [6.07, 6.45) is 0.559. The molecule has 2 heterocycles. The van der Waals surface area contributed by atoms with Crippen molar-refractivity contribution in [2.45, 2.75) is 26.8 Å². The van der Waals surface area contributed by atoms with Crippen molar-refractivity contribution in [1.82, 2.24) is 14.7 Å². The van der Waals surface area contributed by atoms with Crippen molar-refractivity contribution in [2.75, 3.05) is 6.54 Å². The normalized spacial score (nSPS) is 14.8. The van der Waals surface area contributed by atoms with Gasteiger partial charge in [-0.25, -0.2) is 4.79 Å². The highest BCUT2D eigenvalue weighted by atomic mass is 16.4. The maximum atomic E-state index is 11.9. The first-order valence-corrected chi connectivity index (χ1v) is 5.98. The minimum Gasteiger partial charge on any atom is -0.476 e. The van der Waals surface area contributed by atoms with Gasteiger partial charge in [-0.2, -0.15) is 5.10 Å². The number of hydrogen-bond donors (Lipinski definition) is 1. The Balaban J connectivity index is 2.30. The Morgan fingerprint density at radius 1 is 1.39 bits per heavy atom. The number of fused-ring (bicyclic) bond motifs is 1. The van der Waals surface area contributed by atoms with Gasteiger partial charge in [-0.05, 0) is 6.42 Å². The van der Waals surface area contributed by atoms with Crippen molar-refractivity contribution in [2.24, 2.45) is 13.0 Å². The molecule has 6 heteroatoms. The van der Waals surface area contributed by atoms with Crippen molar-refractivity contribution < 1.29 is 14.7 Å². The molecule has 0 fully saturated rings. The number of aryl methyl sites for hydroxylation is 1. The van der Waals surface area contributed by atoms with Crippen LogP contribution in [0.3, 0.4) is 0 Å². The zero-order chi connectivity index (χ0) is 13.4. The van der Waals surface area contributed by atoms with Gasteiger partial charge in [0, 0.05) is 25.1 Å². The molecule has 2 rings (SSSR count). The van der Waals surface area contributed by atoms with Crippen LogP contribution in [0, 0.1) is 5.92 Å². The summed E-state index contributed by atoms with van der Waals surface area (Å²) in [5.74, 6) is -0.951. The lowest BCUT2D eigenvalue weighted by atomic mass is 10.0. The Bertz CT molecular complexity index is 505. The smallest absolute Gasteiger partial charge is 0.356 e. The van der Waals surface area contributed by atoms with Gasteiger partial charge in [0.05, 0.1) is 12.2 Å². The molecule has 6 nitrogen and oxygen atoms in total. The third-order valence-electron chi connectivity index (χ3n) is 3.26. The molecular formula is C12H17N3O3. The van der Waals surface area contributed by atoms with E-state index in [0.717, 1.165) is 11.3 Å². The average Bonchev–Trinajstić information content (AvgIpc) is 2.65. The predicted molar refractivity (Wildman–Crippen MR) is 64.1 cm³/mol. The van der Waals surface area contributed by atoms with E-state index in [2.05, 4.69) is 5.10 Å². The highest BCUT2D eigenvalue weighted by Crippen LogP contribution is 2.23. The summed E-state index contributed by atoms with van der Waals surface area (Å²) in [5.41, 5.74) is 1.70. The zero-order valence-electron chi connectivity index (χ0n) is 10.8. The summed E-state index contributed by atoms with van der Waals surface area (Å²) in [4.78, 5) is 24.8. The van der Waals surface area contributed by atoms with Crippen LogP contribution in [0.5, 0.6) is 0 Å². The summed E-state index contributed by atoms with van der Waals surface area (Å²) in [6, 6.07) is 0. The molecule has 0 saturated carbocycles. The monoisotopic (exact) mass is 251 g/mol. The minimum atomic E-state index is -1.00. The fourth-order valence-electron chi connectivity index (χ4n) is 2.29. The SMILES string of the molecule is CC(C)C(=O)N1CCc2c(C(=O)O)nn(C)c2C1. The first kappa shape index (κ1) is 12.6. The topological polar surface area (TPSA) is 75.4 Å². The van der Waals surface area contributed by atoms with Crippen molar-refractivity contribution in [3.05, 3.63) is 17.0 Å². The van der Waals surface area contributed by atoms with Gasteiger partial charge in [0.25, 0.3) is 0 Å². The van der Waals surface area contributed by atoms with Gasteiger partial charge < -0.3 is 10.0 Å². The van der Waals surface area contributed by atoms with E-state index in [1.165, 1.54) is 0 Å². The number of hydrogen-bond acceptors (Lipinski definition) is 3. The quantitative estimate of drug-likeness (QED) is 0.837. The molecule has 0 bridgehead atoms. The lowest BCUT2D eigenvalue weighted by molar-refractivity contribution is -0.135. The number of nitrogens with zero attached hydrogens (tertiary/aromatic N) is 3. The summed E-state index contributed by atoms with van der Waals surface area (Å²) < 4.78 is 1.57. The van der Waals surface area contributed by atoms with Crippen LogP contribution in [0.15, 0.2) is 0 Å². The van der Waals surface area contributed by atoms with Crippen molar-refractivity contribution in [1.29, 1.82) is 0 Å². The molecule has 0 spiro atoms. The van der Waals surface area contributed by atoms with Crippen LogP contribution >= 0.6 is 0 Å². The molecule has 1 aliphatic heterocycles. The van der Waals surface area contributed by atoms with Crippen LogP contribution in [-0.4, -0.2) is 38.2 Å². The van der Waals surface area contributed by atoms with E-state index in [0.29, 0.717) is 19.5 Å². The van der Waals surface area contributed by atoms with Crippen LogP contribution in [0.1, 0.15) is 35.6 Å². The van der Waals surface area contributed by atoms with Crippen LogP contribution in [0.4, 0.5) is 0 Å². The van der Waals surface area contributed by atoms with Crippen LogP contribution in [-0.2, 0) is 24.8 Å². The first-order valence-electron chi connectivity index (χ1n) is 5.98. The van der Waals surface area contributed by atoms with E-state index >= 15 is 0 Å². The third-order valence-corrected chi connectivity index (χ3v) is 3.26. The van der Waals surface area contributed by atoms with E-state index in [4.69, 9.17) is 5.11 Å². The lowest BCUT2D eigenvalue weighted by Gasteiger charge is -2.28. The molecule has 18 heavy (non-hydrogen) atoms. The minimum absolute atomic E-state index is 0.0429. The number of carboxylic acids is 1. The van der Waals surface area contributed by atoms with E-state index in [1.54, 1.807) is 16.6 Å². The van der Waals surface area contributed by atoms with Gasteiger partial charge in [-0.3, -0.25) is 9.48 Å². The Labute approximate surface area is 105 Å². The molecule has 0 saturated heterocycles. The van der Waals surface area contributed by atoms with Crippen molar-refractivity contribution >= 4 is 11.9 Å². The Kier molecular flexibility index (Phi) is 3.11. The van der Waals surface area contributed by atoms with Crippen molar-refractivity contribution in [3.8, 4) is 0 Å². The molecule has 0 aliphatic carbocycles. The van der Waals surface area contributed by atoms with Gasteiger partial charge in [0.15, 0.2) is 5.69 Å². The van der Waals surface area contributed by atoms with Gasteiger partial charge in [-0.15, -0.1) is 0 Å². The molecule has 0 unspecified atom stereocenters. The largest absolute Gasteiger partial charge is 0.476 e. The first-order chi connectivity index (χ1) is 8.41. The Morgan fingerprint density at radius 2 is 2.06 bits per heavy atom. The molecule has 0 aromatic carbocycles. The van der Waals surface area contributed by atoms with E-state index < -0.39 is 5.97 Å². The van der Waals surface area contributed by atoms with E-state index in [9.17, 15) is 9.59 Å². The highest BCUT2D eigenvalue weighted by molar-refractivity contribution is 5.87. The number of amides is 1. The van der Waals surface area contributed by atoms with Crippen molar-refractivity contribution in [3.63, 3.8) is 0 Å². The summed E-state index contributed by atoms with van der Waals surface area (Å²) in [6.45, 7) is 4.74. The molecular weight excluding hydrogens is 234 g/mol. The number of carbonyl (C=O) groups is 2. The Hall–Kier alpha value is -1.85. The predicted octanol–water partition coefficient (Wildman–Crippen LogP) is 0.659. The second kappa shape index (κ2) is 4.44. The van der Waals surface area contributed by atoms with Crippen LogP contribution in [0.25, 0.3) is 0 Å². The van der Waals surface area contributed by atoms with Gasteiger partial charge in [0.2, 0.25) is 5.91 Å². The molecule has 0 atom stereocenters. The molecule has 1 N–H and O–H groups in total. The molecule has 1 aliphatic rings. The maximum Gasteiger partial charge on any atom is 0.356 e. The van der Waals surface area contributed by atoms with Crippen LogP contribution in [0.2, 0.25) is 0 Å². The highest BCUT2D eigenvalue weighted by Gasteiger charge is 2.29. The number of carbonyl (C=O) groups excluding carboxylic acids is 1. The molecule has 1 amide bonds.